The molecule has 108 valence electrons. The van der Waals surface area contributed by atoms with Gasteiger partial charge in [-0.2, -0.15) is 0 Å². The van der Waals surface area contributed by atoms with Gasteiger partial charge in [-0.3, -0.25) is 0 Å². The minimum absolute atomic E-state index is 0.340. The van der Waals surface area contributed by atoms with Crippen LogP contribution in [0.15, 0.2) is 59.0 Å². The van der Waals surface area contributed by atoms with Crippen LogP contribution in [0.25, 0.3) is 33.1 Å². The van der Waals surface area contributed by atoms with E-state index < -0.39 is 0 Å². The summed E-state index contributed by atoms with van der Waals surface area (Å²) in [7, 11) is 0. The van der Waals surface area contributed by atoms with Crippen LogP contribution in [0.1, 0.15) is 11.9 Å². The van der Waals surface area contributed by atoms with Crippen molar-refractivity contribution in [2.24, 2.45) is 0 Å². The lowest BCUT2D eigenvalue weighted by molar-refractivity contribution is -0.0431. The molecule has 0 radical (unpaired) electrons. The fourth-order valence-corrected chi connectivity index (χ4v) is 3.31. The monoisotopic (exact) mass is 290 g/mol. The van der Waals surface area contributed by atoms with Crippen molar-refractivity contribution in [1.29, 1.82) is 0 Å². The number of hydrogen-bond donors (Lipinski definition) is 0. The molecule has 0 atom stereocenters. The van der Waals surface area contributed by atoms with Crippen molar-refractivity contribution in [2.45, 2.75) is 6.29 Å². The Hall–Kier alpha value is -2.36. The van der Waals surface area contributed by atoms with E-state index in [0.29, 0.717) is 13.2 Å². The largest absolute Gasteiger partial charge is 0.456 e. The zero-order chi connectivity index (χ0) is 14.5. The highest BCUT2D eigenvalue weighted by atomic mass is 16.7. The molecule has 5 rings (SSSR count). The Morgan fingerprint density at radius 2 is 1.55 bits per heavy atom. The molecule has 0 saturated carbocycles. The van der Waals surface area contributed by atoms with Gasteiger partial charge in [0, 0.05) is 10.9 Å². The highest BCUT2D eigenvalue weighted by Gasteiger charge is 2.30. The Morgan fingerprint density at radius 1 is 0.818 bits per heavy atom. The summed E-state index contributed by atoms with van der Waals surface area (Å²) in [5.74, 6) is 0.867. The van der Waals surface area contributed by atoms with Crippen molar-refractivity contribution in [2.75, 3.05) is 13.2 Å². The predicted molar refractivity (Wildman–Crippen MR) is 85.0 cm³/mol. The molecule has 3 heteroatoms. The highest BCUT2D eigenvalue weighted by Crippen LogP contribution is 2.45. The van der Waals surface area contributed by atoms with Gasteiger partial charge < -0.3 is 13.9 Å². The van der Waals surface area contributed by atoms with Crippen molar-refractivity contribution in [3.63, 3.8) is 0 Å². The van der Waals surface area contributed by atoms with Gasteiger partial charge in [0.15, 0.2) is 6.29 Å². The van der Waals surface area contributed by atoms with Gasteiger partial charge in [0.1, 0.15) is 11.3 Å². The quantitative estimate of drug-likeness (QED) is 0.507. The standard InChI is InChI=1S/C19H14O3/c1-4-8-16-12(5-1)11-15-13-6-2-3-7-14(13)17(18(15)22-16)19-20-9-10-21-19/h1-8,11,19H,9-10H2. The van der Waals surface area contributed by atoms with Gasteiger partial charge in [-0.1, -0.05) is 42.5 Å². The molecule has 2 aromatic carbocycles. The van der Waals surface area contributed by atoms with Crippen molar-refractivity contribution in [1.82, 2.24) is 0 Å². The van der Waals surface area contributed by atoms with Crippen LogP contribution in [-0.2, 0) is 9.47 Å². The summed E-state index contributed by atoms with van der Waals surface area (Å²) in [6, 6.07) is 18.6. The number of para-hydroxylation sites is 1. The summed E-state index contributed by atoms with van der Waals surface area (Å²) in [6.07, 6.45) is -0.340. The lowest BCUT2D eigenvalue weighted by Gasteiger charge is -2.11. The van der Waals surface area contributed by atoms with E-state index in [9.17, 15) is 0 Å². The van der Waals surface area contributed by atoms with E-state index in [-0.39, 0.29) is 6.29 Å². The third-order valence-corrected chi connectivity index (χ3v) is 4.29. The summed E-state index contributed by atoms with van der Waals surface area (Å²) >= 11 is 0. The normalized spacial score (nSPS) is 16.2. The average Bonchev–Trinajstić information content (AvgIpc) is 3.18. The summed E-state index contributed by atoms with van der Waals surface area (Å²) in [5, 5.41) is 3.43. The molecule has 0 unspecified atom stereocenters. The molecule has 1 fully saturated rings. The summed E-state index contributed by atoms with van der Waals surface area (Å²) in [5.41, 5.74) is 3.00. The van der Waals surface area contributed by atoms with Crippen molar-refractivity contribution in [3.05, 3.63) is 60.2 Å². The lowest BCUT2D eigenvalue weighted by Crippen LogP contribution is -1.98. The smallest absolute Gasteiger partial charge is 0.188 e. The number of fused-ring (bicyclic) bond motifs is 4. The topological polar surface area (TPSA) is 31.6 Å². The minimum Gasteiger partial charge on any atom is -0.456 e. The molecule has 2 heterocycles. The first-order chi connectivity index (χ1) is 10.9. The first-order valence-electron chi connectivity index (χ1n) is 7.48. The third-order valence-electron chi connectivity index (χ3n) is 4.29. The number of benzene rings is 2. The molecular formula is C19H14O3. The van der Waals surface area contributed by atoms with Gasteiger partial charge in [-0.05, 0) is 22.9 Å². The fourth-order valence-electron chi connectivity index (χ4n) is 3.31. The zero-order valence-electron chi connectivity index (χ0n) is 11.9. The van der Waals surface area contributed by atoms with Crippen LogP contribution < -0.4 is 0 Å². The second-order valence-electron chi connectivity index (χ2n) is 5.56. The highest BCUT2D eigenvalue weighted by molar-refractivity contribution is 6.06. The summed E-state index contributed by atoms with van der Waals surface area (Å²) < 4.78 is 17.7. The fraction of sp³-hybridized carbons (Fsp3) is 0.158. The Bertz CT molecular complexity index is 947. The van der Waals surface area contributed by atoms with E-state index in [1.165, 1.54) is 5.39 Å². The molecule has 22 heavy (non-hydrogen) atoms. The van der Waals surface area contributed by atoms with Crippen molar-refractivity contribution in [3.8, 4) is 11.3 Å². The molecule has 0 aromatic heterocycles. The van der Waals surface area contributed by atoms with Crippen molar-refractivity contribution < 1.29 is 13.9 Å². The maximum absolute atomic E-state index is 6.21. The van der Waals surface area contributed by atoms with Crippen molar-refractivity contribution >= 4 is 21.7 Å². The molecule has 0 spiro atoms. The number of rotatable bonds is 1. The molecular weight excluding hydrogens is 276 g/mol. The average molecular weight is 290 g/mol. The van der Waals surface area contributed by atoms with E-state index in [2.05, 4.69) is 30.3 Å². The lowest BCUT2D eigenvalue weighted by atomic mass is 10.1. The van der Waals surface area contributed by atoms with Gasteiger partial charge in [0.2, 0.25) is 0 Å². The van der Waals surface area contributed by atoms with Crippen LogP contribution in [0.2, 0.25) is 0 Å². The second-order valence-corrected chi connectivity index (χ2v) is 5.56. The molecule has 2 aliphatic heterocycles. The Labute approximate surface area is 127 Å². The second kappa shape index (κ2) is 4.57. The third kappa shape index (κ3) is 1.64. The van der Waals surface area contributed by atoms with E-state index in [1.54, 1.807) is 0 Å². The molecule has 2 aromatic rings. The maximum Gasteiger partial charge on any atom is 0.188 e. The minimum atomic E-state index is -0.340. The molecule has 1 aliphatic carbocycles. The van der Waals surface area contributed by atoms with Crippen LogP contribution in [0, 0.1) is 0 Å². The zero-order valence-corrected chi connectivity index (χ0v) is 11.9. The summed E-state index contributed by atoms with van der Waals surface area (Å²) in [4.78, 5) is 0. The van der Waals surface area contributed by atoms with Crippen LogP contribution in [-0.4, -0.2) is 13.2 Å². The van der Waals surface area contributed by atoms with Crippen LogP contribution in [0.5, 0.6) is 0 Å². The Balaban J connectivity index is 1.93. The Morgan fingerprint density at radius 3 is 2.41 bits per heavy atom. The molecule has 0 N–H and O–H groups in total. The molecule has 3 nitrogen and oxygen atoms in total. The van der Waals surface area contributed by atoms with Gasteiger partial charge in [0.25, 0.3) is 0 Å². The van der Waals surface area contributed by atoms with Gasteiger partial charge >= 0.3 is 0 Å². The van der Waals surface area contributed by atoms with Crippen LogP contribution in [0.3, 0.4) is 0 Å². The molecule has 3 aliphatic rings. The number of hydrogen-bond acceptors (Lipinski definition) is 3. The predicted octanol–water partition coefficient (Wildman–Crippen LogP) is 4.74. The van der Waals surface area contributed by atoms with Gasteiger partial charge in [0.05, 0.1) is 18.8 Å². The van der Waals surface area contributed by atoms with Crippen LogP contribution in [0.4, 0.5) is 0 Å². The van der Waals surface area contributed by atoms with Gasteiger partial charge in [-0.25, -0.2) is 0 Å². The van der Waals surface area contributed by atoms with E-state index in [4.69, 9.17) is 13.9 Å². The SMILES string of the molecule is c1ccc2oc3c(C4OCCO4)c4ccccc4c-3cc2c1. The van der Waals surface area contributed by atoms with E-state index in [0.717, 1.165) is 33.2 Å². The summed E-state index contributed by atoms with van der Waals surface area (Å²) in [6.45, 7) is 1.25. The Kier molecular flexibility index (Phi) is 2.53. The molecule has 1 saturated heterocycles. The van der Waals surface area contributed by atoms with E-state index >= 15 is 0 Å². The first-order valence-corrected chi connectivity index (χ1v) is 7.48. The van der Waals surface area contributed by atoms with Crippen LogP contribution >= 0.6 is 0 Å². The molecule has 0 bridgehead atoms. The number of ether oxygens (including phenoxy) is 2. The first kappa shape index (κ1) is 12.2. The maximum atomic E-state index is 6.21. The van der Waals surface area contributed by atoms with Gasteiger partial charge in [-0.15, -0.1) is 0 Å². The van der Waals surface area contributed by atoms with E-state index in [1.807, 2.05) is 24.3 Å². The molecule has 0 amide bonds.